The maximum Gasteiger partial charge on any atom is 0.324 e. The van der Waals surface area contributed by atoms with Crippen molar-refractivity contribution in [3.63, 3.8) is 0 Å². The lowest BCUT2D eigenvalue weighted by molar-refractivity contribution is -0.390. The standard InChI is InChI=1S/C11H13FN2O6S/c1-2-4-8(11(15)16)13-21(19,20)9-6-3-5-7(12)10(9)14(17)18/h3,5-6,8,13H,2,4H2,1H3,(H,15,16)/t8-/m0/s1. The lowest BCUT2D eigenvalue weighted by atomic mass is 10.2. The normalized spacial score (nSPS) is 12.9. The first-order valence-corrected chi connectivity index (χ1v) is 7.37. The molecule has 10 heteroatoms. The molecule has 8 nitrogen and oxygen atoms in total. The molecule has 0 heterocycles. The molecule has 21 heavy (non-hydrogen) atoms. The van der Waals surface area contributed by atoms with Gasteiger partial charge in [-0.2, -0.15) is 9.11 Å². The minimum atomic E-state index is -4.54. The highest BCUT2D eigenvalue weighted by molar-refractivity contribution is 7.89. The Morgan fingerprint density at radius 2 is 2.14 bits per heavy atom. The number of aliphatic carboxylic acids is 1. The highest BCUT2D eigenvalue weighted by Gasteiger charge is 2.32. The SMILES string of the molecule is CCC[C@H](NS(=O)(=O)c1cccc(F)c1[N+](=O)[O-])C(=O)O. The van der Waals surface area contributed by atoms with Gasteiger partial charge >= 0.3 is 11.7 Å². The smallest absolute Gasteiger partial charge is 0.324 e. The summed E-state index contributed by atoms with van der Waals surface area (Å²) in [6.07, 6.45) is 0.377. The Balaban J connectivity index is 3.29. The van der Waals surface area contributed by atoms with Gasteiger partial charge in [0.25, 0.3) is 0 Å². The molecule has 1 aromatic carbocycles. The molecule has 0 fully saturated rings. The van der Waals surface area contributed by atoms with E-state index in [1.54, 1.807) is 6.92 Å². The zero-order valence-corrected chi connectivity index (χ0v) is 11.8. The quantitative estimate of drug-likeness (QED) is 0.575. The number of hydrogen-bond donors (Lipinski definition) is 2. The van der Waals surface area contributed by atoms with Crippen LogP contribution in [0.3, 0.4) is 0 Å². The lowest BCUT2D eigenvalue weighted by Gasteiger charge is -2.14. The summed E-state index contributed by atoms with van der Waals surface area (Å²) in [6, 6.07) is 1.14. The summed E-state index contributed by atoms with van der Waals surface area (Å²) >= 11 is 0. The number of nitro benzene ring substituents is 1. The van der Waals surface area contributed by atoms with Gasteiger partial charge in [0.05, 0.1) is 4.92 Å². The van der Waals surface area contributed by atoms with Crippen LogP contribution in [0.5, 0.6) is 0 Å². The van der Waals surface area contributed by atoms with E-state index in [1.807, 2.05) is 4.72 Å². The van der Waals surface area contributed by atoms with Gasteiger partial charge < -0.3 is 5.11 Å². The van der Waals surface area contributed by atoms with E-state index in [1.165, 1.54) is 0 Å². The number of rotatable bonds is 7. The number of hydrogen-bond acceptors (Lipinski definition) is 5. The predicted octanol–water partition coefficient (Wildman–Crippen LogP) is 1.27. The summed E-state index contributed by atoms with van der Waals surface area (Å²) < 4.78 is 39.4. The Hall–Kier alpha value is -2.07. The van der Waals surface area contributed by atoms with Crippen molar-refractivity contribution in [3.8, 4) is 0 Å². The number of benzene rings is 1. The third-order valence-electron chi connectivity index (χ3n) is 2.59. The first-order chi connectivity index (χ1) is 9.70. The fourth-order valence-electron chi connectivity index (χ4n) is 1.66. The van der Waals surface area contributed by atoms with E-state index in [2.05, 4.69) is 0 Å². The third kappa shape index (κ3) is 3.95. The monoisotopic (exact) mass is 320 g/mol. The number of carboxylic acids is 1. The summed E-state index contributed by atoms with van der Waals surface area (Å²) in [4.78, 5) is 19.7. The number of carboxylic acid groups (broad SMARTS) is 1. The van der Waals surface area contributed by atoms with Crippen LogP contribution in [0.4, 0.5) is 10.1 Å². The van der Waals surface area contributed by atoms with Crippen molar-refractivity contribution in [1.29, 1.82) is 0 Å². The molecular weight excluding hydrogens is 307 g/mol. The average molecular weight is 320 g/mol. The van der Waals surface area contributed by atoms with Gasteiger partial charge in [0, 0.05) is 0 Å². The van der Waals surface area contributed by atoms with Crippen molar-refractivity contribution >= 4 is 21.7 Å². The van der Waals surface area contributed by atoms with Crippen LogP contribution in [0.15, 0.2) is 23.1 Å². The molecule has 0 saturated carbocycles. The van der Waals surface area contributed by atoms with Crippen LogP contribution >= 0.6 is 0 Å². The Kier molecular flexibility index (Phi) is 5.33. The number of nitrogens with zero attached hydrogens (tertiary/aromatic N) is 1. The highest BCUT2D eigenvalue weighted by atomic mass is 32.2. The molecule has 0 saturated heterocycles. The second-order valence-electron chi connectivity index (χ2n) is 4.14. The summed E-state index contributed by atoms with van der Waals surface area (Å²) in [5.41, 5.74) is -1.22. The van der Waals surface area contributed by atoms with Crippen LogP contribution in [-0.2, 0) is 14.8 Å². The van der Waals surface area contributed by atoms with Crippen molar-refractivity contribution in [1.82, 2.24) is 4.72 Å². The zero-order chi connectivity index (χ0) is 16.2. The van der Waals surface area contributed by atoms with Crippen LogP contribution in [0.25, 0.3) is 0 Å². The summed E-state index contributed by atoms with van der Waals surface area (Å²) in [7, 11) is -4.54. The van der Waals surface area contributed by atoms with Crippen LogP contribution < -0.4 is 4.72 Å². The van der Waals surface area contributed by atoms with Crippen molar-refractivity contribution < 1.29 is 27.6 Å². The summed E-state index contributed by atoms with van der Waals surface area (Å²) in [5.74, 6) is -2.73. The zero-order valence-electron chi connectivity index (χ0n) is 10.9. The van der Waals surface area contributed by atoms with Crippen molar-refractivity contribution in [2.24, 2.45) is 0 Å². The first kappa shape index (κ1) is 17.0. The molecule has 0 aromatic heterocycles. The van der Waals surface area contributed by atoms with Crippen molar-refractivity contribution in [2.45, 2.75) is 30.7 Å². The minimum Gasteiger partial charge on any atom is -0.480 e. The number of sulfonamides is 1. The largest absolute Gasteiger partial charge is 0.480 e. The van der Waals surface area contributed by atoms with Gasteiger partial charge in [0.1, 0.15) is 6.04 Å². The molecule has 0 bridgehead atoms. The molecule has 0 spiro atoms. The lowest BCUT2D eigenvalue weighted by Crippen LogP contribution is -2.40. The second kappa shape index (κ2) is 6.59. The van der Waals surface area contributed by atoms with Crippen LogP contribution in [-0.4, -0.2) is 30.5 Å². The first-order valence-electron chi connectivity index (χ1n) is 5.88. The molecule has 2 N–H and O–H groups in total. The van der Waals surface area contributed by atoms with E-state index in [4.69, 9.17) is 5.11 Å². The maximum absolute atomic E-state index is 13.4. The number of halogens is 1. The Morgan fingerprint density at radius 1 is 1.52 bits per heavy atom. The fourth-order valence-corrected chi connectivity index (χ4v) is 3.07. The second-order valence-corrected chi connectivity index (χ2v) is 5.83. The van der Waals surface area contributed by atoms with E-state index in [0.29, 0.717) is 6.42 Å². The molecule has 0 amide bonds. The summed E-state index contributed by atoms with van der Waals surface area (Å²) in [6.45, 7) is 1.65. The maximum atomic E-state index is 13.4. The van der Waals surface area contributed by atoms with Crippen molar-refractivity contribution in [2.75, 3.05) is 0 Å². The average Bonchev–Trinajstić information content (AvgIpc) is 2.37. The Bertz CT molecular complexity index is 661. The molecule has 0 aliphatic carbocycles. The molecular formula is C11H13FN2O6S. The van der Waals surface area contributed by atoms with E-state index in [0.717, 1.165) is 18.2 Å². The molecule has 0 radical (unpaired) electrons. The van der Waals surface area contributed by atoms with E-state index in [-0.39, 0.29) is 6.42 Å². The molecule has 116 valence electrons. The molecule has 1 aromatic rings. The van der Waals surface area contributed by atoms with E-state index in [9.17, 15) is 27.7 Å². The molecule has 0 aliphatic rings. The molecule has 1 rings (SSSR count). The number of para-hydroxylation sites is 1. The Labute approximate surface area is 119 Å². The molecule has 1 atom stereocenters. The number of nitro groups is 1. The van der Waals surface area contributed by atoms with Crippen LogP contribution in [0.2, 0.25) is 0 Å². The van der Waals surface area contributed by atoms with Gasteiger partial charge in [-0.1, -0.05) is 19.4 Å². The van der Waals surface area contributed by atoms with E-state index < -0.39 is 43.4 Å². The number of nitrogens with one attached hydrogen (secondary N) is 1. The van der Waals surface area contributed by atoms with Crippen molar-refractivity contribution in [3.05, 3.63) is 34.1 Å². The van der Waals surface area contributed by atoms with Crippen LogP contribution in [0, 0.1) is 15.9 Å². The topological polar surface area (TPSA) is 127 Å². The van der Waals surface area contributed by atoms with E-state index >= 15 is 0 Å². The number of carbonyl (C=O) groups is 1. The summed E-state index contributed by atoms with van der Waals surface area (Å²) in [5, 5.41) is 19.7. The molecule has 0 aliphatic heterocycles. The van der Waals surface area contributed by atoms with Gasteiger partial charge in [-0.05, 0) is 18.6 Å². The molecule has 0 unspecified atom stereocenters. The van der Waals surface area contributed by atoms with Gasteiger partial charge in [-0.25, -0.2) is 8.42 Å². The van der Waals surface area contributed by atoms with Gasteiger partial charge in [-0.3, -0.25) is 14.9 Å². The fraction of sp³-hybridized carbons (Fsp3) is 0.364. The Morgan fingerprint density at radius 3 is 2.62 bits per heavy atom. The van der Waals surface area contributed by atoms with Gasteiger partial charge in [0.15, 0.2) is 4.90 Å². The highest BCUT2D eigenvalue weighted by Crippen LogP contribution is 2.26. The minimum absolute atomic E-state index is 0.00230. The van der Waals surface area contributed by atoms with Gasteiger partial charge in [0.2, 0.25) is 15.8 Å². The van der Waals surface area contributed by atoms with Crippen LogP contribution in [0.1, 0.15) is 19.8 Å². The third-order valence-corrected chi connectivity index (χ3v) is 4.10. The van der Waals surface area contributed by atoms with Gasteiger partial charge in [-0.15, -0.1) is 0 Å². The predicted molar refractivity (Wildman–Crippen MR) is 69.7 cm³/mol.